The molecule has 1 aromatic rings. The highest BCUT2D eigenvalue weighted by Crippen LogP contribution is 2.28. The zero-order valence-electron chi connectivity index (χ0n) is 9.13. The number of carbonyl (C=O) groups excluding carboxylic acids is 1. The van der Waals surface area contributed by atoms with Crippen molar-refractivity contribution in [2.45, 2.75) is 45.1 Å². The Balaban J connectivity index is 2.03. The van der Waals surface area contributed by atoms with E-state index in [0.717, 1.165) is 12.8 Å². The minimum atomic E-state index is -0.177. The Hall–Kier alpha value is -1.39. The summed E-state index contributed by atoms with van der Waals surface area (Å²) in [5, 5.41) is 9.51. The van der Waals surface area contributed by atoms with Gasteiger partial charge in [0.05, 0.1) is 0 Å². The van der Waals surface area contributed by atoms with E-state index in [4.69, 9.17) is 0 Å². The molecule has 1 heterocycles. The van der Waals surface area contributed by atoms with E-state index in [-0.39, 0.29) is 17.3 Å². The van der Waals surface area contributed by atoms with Crippen molar-refractivity contribution in [2.75, 3.05) is 0 Å². The molecule has 82 valence electrons. The number of nitrogens with one attached hydrogen (secondary N) is 2. The molecule has 1 aliphatic rings. The van der Waals surface area contributed by atoms with Crippen molar-refractivity contribution < 1.29 is 4.79 Å². The summed E-state index contributed by atoms with van der Waals surface area (Å²) in [5.74, 6) is 0.723. The summed E-state index contributed by atoms with van der Waals surface area (Å²) in [6, 6.07) is 0. The summed E-state index contributed by atoms with van der Waals surface area (Å²) < 4.78 is 0. The Morgan fingerprint density at radius 1 is 1.47 bits per heavy atom. The number of amides is 1. The van der Waals surface area contributed by atoms with E-state index >= 15 is 0 Å². The van der Waals surface area contributed by atoms with E-state index in [1.165, 1.54) is 12.8 Å². The maximum absolute atomic E-state index is 11.8. The van der Waals surface area contributed by atoms with Gasteiger partial charge < -0.3 is 5.32 Å². The van der Waals surface area contributed by atoms with Gasteiger partial charge in [-0.1, -0.05) is 12.8 Å². The predicted octanol–water partition coefficient (Wildman–Crippen LogP) is 1.18. The van der Waals surface area contributed by atoms with Gasteiger partial charge in [0.25, 0.3) is 5.91 Å². The Labute approximate surface area is 88.7 Å². The lowest BCUT2D eigenvalue weighted by Gasteiger charge is -2.24. The van der Waals surface area contributed by atoms with Crippen LogP contribution in [0.1, 0.15) is 49.1 Å². The predicted molar refractivity (Wildman–Crippen MR) is 55.5 cm³/mol. The summed E-state index contributed by atoms with van der Waals surface area (Å²) in [4.78, 5) is 15.8. The molecule has 0 unspecified atom stereocenters. The number of H-pyrrole nitrogens is 1. The molecule has 0 spiro atoms. The summed E-state index contributed by atoms with van der Waals surface area (Å²) in [7, 11) is 0. The van der Waals surface area contributed by atoms with Gasteiger partial charge in [0.2, 0.25) is 5.82 Å². The molecular formula is C10H16N4O. The van der Waals surface area contributed by atoms with Crippen LogP contribution in [0.15, 0.2) is 0 Å². The fourth-order valence-corrected chi connectivity index (χ4v) is 2.05. The molecule has 0 bridgehead atoms. The van der Waals surface area contributed by atoms with Gasteiger partial charge in [-0.05, 0) is 26.7 Å². The van der Waals surface area contributed by atoms with E-state index in [1.54, 1.807) is 6.92 Å². The molecule has 5 heteroatoms. The number of aryl methyl sites for hydroxylation is 1. The Morgan fingerprint density at radius 3 is 2.67 bits per heavy atom. The first kappa shape index (κ1) is 10.1. The molecule has 1 aromatic heterocycles. The molecule has 1 fully saturated rings. The summed E-state index contributed by atoms with van der Waals surface area (Å²) in [5.41, 5.74) is -0.0639. The van der Waals surface area contributed by atoms with Gasteiger partial charge in [-0.2, -0.15) is 0 Å². The largest absolute Gasteiger partial charge is 0.344 e. The van der Waals surface area contributed by atoms with Crippen LogP contribution in [0, 0.1) is 6.92 Å². The van der Waals surface area contributed by atoms with E-state index in [9.17, 15) is 4.79 Å². The van der Waals surface area contributed by atoms with E-state index < -0.39 is 0 Å². The minimum absolute atomic E-state index is 0.0639. The van der Waals surface area contributed by atoms with Crippen LogP contribution in [0.25, 0.3) is 0 Å². The van der Waals surface area contributed by atoms with Crippen LogP contribution in [0.3, 0.4) is 0 Å². The normalized spacial score (nSPS) is 19.1. The molecule has 5 nitrogen and oxygen atoms in total. The van der Waals surface area contributed by atoms with Gasteiger partial charge in [0.15, 0.2) is 0 Å². The SMILES string of the molecule is Cc1nc(C(=O)NC2(C)CCCC2)n[nH]1. The van der Waals surface area contributed by atoms with Gasteiger partial charge in [-0.3, -0.25) is 9.89 Å². The first-order chi connectivity index (χ1) is 7.09. The van der Waals surface area contributed by atoms with Gasteiger partial charge >= 0.3 is 0 Å². The molecule has 1 aliphatic carbocycles. The summed E-state index contributed by atoms with van der Waals surface area (Å²) in [6.07, 6.45) is 4.46. The monoisotopic (exact) mass is 208 g/mol. The number of nitrogens with zero attached hydrogens (tertiary/aromatic N) is 2. The first-order valence-corrected chi connectivity index (χ1v) is 5.31. The van der Waals surface area contributed by atoms with Crippen molar-refractivity contribution in [3.05, 3.63) is 11.6 Å². The molecule has 0 saturated heterocycles. The van der Waals surface area contributed by atoms with E-state index in [1.807, 2.05) is 0 Å². The first-order valence-electron chi connectivity index (χ1n) is 5.31. The highest BCUT2D eigenvalue weighted by molar-refractivity contribution is 5.90. The van der Waals surface area contributed by atoms with Crippen molar-refractivity contribution in [3.63, 3.8) is 0 Å². The molecule has 0 aromatic carbocycles. The van der Waals surface area contributed by atoms with Gasteiger partial charge in [0, 0.05) is 5.54 Å². The number of carbonyl (C=O) groups is 1. The lowest BCUT2D eigenvalue weighted by molar-refractivity contribution is 0.0897. The second-order valence-electron chi connectivity index (χ2n) is 4.47. The third-order valence-corrected chi connectivity index (χ3v) is 2.92. The highest BCUT2D eigenvalue weighted by Gasteiger charge is 2.31. The Bertz CT molecular complexity index is 365. The van der Waals surface area contributed by atoms with Crippen LogP contribution in [0.5, 0.6) is 0 Å². The number of aromatic amines is 1. The molecule has 15 heavy (non-hydrogen) atoms. The molecule has 0 atom stereocenters. The van der Waals surface area contributed by atoms with E-state index in [0.29, 0.717) is 5.82 Å². The maximum Gasteiger partial charge on any atom is 0.291 e. The lowest BCUT2D eigenvalue weighted by Crippen LogP contribution is -2.44. The molecule has 2 N–H and O–H groups in total. The zero-order chi connectivity index (χ0) is 10.9. The number of rotatable bonds is 2. The molecule has 1 saturated carbocycles. The molecular weight excluding hydrogens is 192 g/mol. The standard InChI is InChI=1S/C10H16N4O/c1-7-11-8(14-13-7)9(15)12-10(2)5-3-4-6-10/h3-6H2,1-2H3,(H,12,15)(H,11,13,14). The van der Waals surface area contributed by atoms with Crippen LogP contribution < -0.4 is 5.32 Å². The quantitative estimate of drug-likeness (QED) is 0.766. The van der Waals surface area contributed by atoms with Crippen LogP contribution in [-0.4, -0.2) is 26.6 Å². The van der Waals surface area contributed by atoms with Crippen molar-refractivity contribution in [1.82, 2.24) is 20.5 Å². The summed E-state index contributed by atoms with van der Waals surface area (Å²) in [6.45, 7) is 3.86. The highest BCUT2D eigenvalue weighted by atomic mass is 16.2. The second kappa shape index (κ2) is 3.64. The average molecular weight is 208 g/mol. The van der Waals surface area contributed by atoms with Gasteiger partial charge in [-0.15, -0.1) is 5.10 Å². The minimum Gasteiger partial charge on any atom is -0.344 e. The van der Waals surface area contributed by atoms with Crippen LogP contribution in [-0.2, 0) is 0 Å². The van der Waals surface area contributed by atoms with Crippen molar-refractivity contribution in [3.8, 4) is 0 Å². The third-order valence-electron chi connectivity index (χ3n) is 2.92. The lowest BCUT2D eigenvalue weighted by atomic mass is 10.0. The van der Waals surface area contributed by atoms with Crippen molar-refractivity contribution >= 4 is 5.91 Å². The molecule has 1 amide bonds. The number of hydrogen-bond donors (Lipinski definition) is 2. The van der Waals surface area contributed by atoms with Crippen LogP contribution in [0.2, 0.25) is 0 Å². The second-order valence-corrected chi connectivity index (χ2v) is 4.47. The summed E-state index contributed by atoms with van der Waals surface area (Å²) >= 11 is 0. The fraction of sp³-hybridized carbons (Fsp3) is 0.700. The Kier molecular flexibility index (Phi) is 2.46. The molecule has 2 rings (SSSR count). The van der Waals surface area contributed by atoms with Crippen molar-refractivity contribution in [2.24, 2.45) is 0 Å². The smallest absolute Gasteiger partial charge is 0.291 e. The fourth-order valence-electron chi connectivity index (χ4n) is 2.05. The maximum atomic E-state index is 11.8. The number of hydrogen-bond acceptors (Lipinski definition) is 3. The van der Waals surface area contributed by atoms with Crippen LogP contribution in [0.4, 0.5) is 0 Å². The Morgan fingerprint density at radius 2 is 2.13 bits per heavy atom. The zero-order valence-corrected chi connectivity index (χ0v) is 9.13. The van der Waals surface area contributed by atoms with Gasteiger partial charge in [-0.25, -0.2) is 4.98 Å². The number of aromatic nitrogens is 3. The van der Waals surface area contributed by atoms with Crippen molar-refractivity contribution in [1.29, 1.82) is 0 Å². The van der Waals surface area contributed by atoms with Gasteiger partial charge in [0.1, 0.15) is 5.82 Å². The van der Waals surface area contributed by atoms with Crippen LogP contribution >= 0.6 is 0 Å². The topological polar surface area (TPSA) is 70.7 Å². The third kappa shape index (κ3) is 2.16. The van der Waals surface area contributed by atoms with E-state index in [2.05, 4.69) is 27.4 Å². The molecule has 0 radical (unpaired) electrons. The average Bonchev–Trinajstić information content (AvgIpc) is 2.75. The molecule has 0 aliphatic heterocycles.